The monoisotopic (exact) mass is 1580 g/mol. The van der Waals surface area contributed by atoms with E-state index in [0.29, 0.717) is 35.2 Å². The van der Waals surface area contributed by atoms with Crippen molar-refractivity contribution in [2.45, 2.75) is 0 Å². The Balaban J connectivity index is 0.000000143. The number of benzene rings is 18. The van der Waals surface area contributed by atoms with Crippen LogP contribution in [0.2, 0.25) is 0 Å². The fourth-order valence-corrected chi connectivity index (χ4v) is 17.7. The number of fused-ring (bicyclic) bond motifs is 14. The van der Waals surface area contributed by atoms with Gasteiger partial charge in [-0.05, 0) is 132 Å². The molecule has 0 fully saturated rings. The van der Waals surface area contributed by atoms with Crippen LogP contribution in [-0.2, 0) is 0 Å². The van der Waals surface area contributed by atoms with Crippen LogP contribution in [-0.4, -0.2) is 39.0 Å². The molecule has 0 atom stereocenters. The Hall–Kier alpha value is -16.8. The molecule has 0 aliphatic carbocycles. The van der Waals surface area contributed by atoms with Gasteiger partial charge in [-0.1, -0.05) is 382 Å². The maximum Gasteiger partial charge on any atom is 0.238 e. The Bertz CT molecular complexity index is 8040. The van der Waals surface area contributed by atoms with Crippen molar-refractivity contribution in [2.24, 2.45) is 0 Å². The molecule has 10 nitrogen and oxygen atoms in total. The molecule has 6 aromatic heterocycles. The largest absolute Gasteiger partial charge is 0.454 e. The average molecular weight is 1590 g/mol. The van der Waals surface area contributed by atoms with E-state index >= 15 is 0 Å². The summed E-state index contributed by atoms with van der Waals surface area (Å²) in [5.41, 5.74) is 28.4. The van der Waals surface area contributed by atoms with Gasteiger partial charge in [0.2, 0.25) is 11.9 Å². The number of rotatable bonds is 14. The van der Waals surface area contributed by atoms with Crippen LogP contribution in [0.15, 0.2) is 446 Å². The summed E-state index contributed by atoms with van der Waals surface area (Å²) in [4.78, 5) is 32.2. The lowest BCUT2D eigenvalue weighted by Crippen LogP contribution is -2.07. The van der Waals surface area contributed by atoms with E-state index in [4.69, 9.17) is 38.7 Å². The third-order valence-corrected chi connectivity index (χ3v) is 23.7. The Morgan fingerprint density at radius 3 is 0.758 bits per heavy atom. The van der Waals surface area contributed by atoms with Gasteiger partial charge in [0.15, 0.2) is 34.5 Å². The smallest absolute Gasteiger partial charge is 0.238 e. The highest BCUT2D eigenvalue weighted by atomic mass is 16.3. The van der Waals surface area contributed by atoms with Gasteiger partial charge >= 0.3 is 0 Å². The summed E-state index contributed by atoms with van der Waals surface area (Å²) in [5, 5.41) is 8.42. The second-order valence-corrected chi connectivity index (χ2v) is 31.2. The highest BCUT2D eigenvalue weighted by molar-refractivity contribution is 6.25. The summed E-state index contributed by atoms with van der Waals surface area (Å²) >= 11 is 0. The van der Waals surface area contributed by atoms with Crippen LogP contribution in [0.3, 0.4) is 0 Å². The molecule has 0 bridgehead atoms. The SMILES string of the molecule is c1ccc(-c2ccc(-c3nc(-c4ccc(-c5ccccc5)cc4)nc(-n4c5c(-c6ccccc6)cc(-c6ccccc6)cc5c5ccc6c7ccccc7oc6c54)n3)cc2)cc1.c1ccc(-c2ccc(-c3nc(-c4cccc(-c5ccccc5)c4)nc(-n4c5c(-c6ccccc6)cc(-c6ccccc6)cc5c5ccc6c7ccccc7oc6c54)n3)cc2)cc1. The van der Waals surface area contributed by atoms with E-state index in [0.717, 1.165) is 199 Å². The van der Waals surface area contributed by atoms with Gasteiger partial charge in [0, 0.05) is 76.5 Å². The van der Waals surface area contributed by atoms with Gasteiger partial charge in [-0.15, -0.1) is 0 Å². The third kappa shape index (κ3) is 13.1. The van der Waals surface area contributed by atoms with Crippen molar-refractivity contribution in [3.63, 3.8) is 0 Å². The van der Waals surface area contributed by atoms with E-state index in [1.165, 1.54) is 0 Å². The lowest BCUT2D eigenvalue weighted by atomic mass is 9.95. The quantitative estimate of drug-likeness (QED) is 0.106. The number of furan rings is 2. The number of aromatic nitrogens is 8. The Labute approximate surface area is 713 Å². The molecule has 0 radical (unpaired) electrons. The molecule has 0 aliphatic rings. The molecule has 24 aromatic rings. The molecule has 0 saturated heterocycles. The first-order valence-electron chi connectivity index (χ1n) is 41.7. The Morgan fingerprint density at radius 2 is 0.411 bits per heavy atom. The molecular weight excluding hydrogens is 1510 g/mol. The van der Waals surface area contributed by atoms with Crippen molar-refractivity contribution < 1.29 is 8.83 Å². The Kier molecular flexibility index (Phi) is 18.0. The molecule has 0 N–H and O–H groups in total. The zero-order valence-corrected chi connectivity index (χ0v) is 67.0. The van der Waals surface area contributed by atoms with E-state index in [1.54, 1.807) is 0 Å². The second-order valence-electron chi connectivity index (χ2n) is 31.2. The fourth-order valence-electron chi connectivity index (χ4n) is 17.7. The van der Waals surface area contributed by atoms with Crippen molar-refractivity contribution in [2.75, 3.05) is 0 Å². The lowest BCUT2D eigenvalue weighted by molar-refractivity contribution is 0.670. The summed E-state index contributed by atoms with van der Waals surface area (Å²) in [6, 6.07) is 153. The average Bonchev–Trinajstić information content (AvgIpc) is 1.55. The van der Waals surface area contributed by atoms with Crippen LogP contribution in [0, 0.1) is 0 Å². The van der Waals surface area contributed by atoms with Crippen LogP contribution >= 0.6 is 0 Å². The predicted molar refractivity (Wildman–Crippen MR) is 508 cm³/mol. The van der Waals surface area contributed by atoms with Crippen molar-refractivity contribution in [1.29, 1.82) is 0 Å². The van der Waals surface area contributed by atoms with Gasteiger partial charge in [0.05, 0.1) is 11.0 Å². The summed E-state index contributed by atoms with van der Waals surface area (Å²) in [7, 11) is 0. The molecule has 10 heteroatoms. The predicted octanol–water partition coefficient (Wildman–Crippen LogP) is 29.7. The maximum atomic E-state index is 6.88. The maximum absolute atomic E-state index is 6.88. The van der Waals surface area contributed by atoms with Crippen molar-refractivity contribution in [3.05, 3.63) is 437 Å². The molecule has 0 aliphatic heterocycles. The van der Waals surface area contributed by atoms with E-state index < -0.39 is 0 Å². The van der Waals surface area contributed by atoms with Gasteiger partial charge in [0.1, 0.15) is 22.2 Å². The van der Waals surface area contributed by atoms with Gasteiger partial charge < -0.3 is 8.83 Å². The number of nitrogens with zero attached hydrogens (tertiary/aromatic N) is 8. The molecule has 18 aromatic carbocycles. The molecule has 580 valence electrons. The zero-order chi connectivity index (χ0) is 82.0. The number of hydrogen-bond donors (Lipinski definition) is 0. The minimum absolute atomic E-state index is 0.500. The van der Waals surface area contributed by atoms with Gasteiger partial charge in [-0.3, -0.25) is 9.13 Å². The van der Waals surface area contributed by atoms with Crippen molar-refractivity contribution in [1.82, 2.24) is 39.0 Å². The standard InChI is InChI=1S/2C57H36N4O/c1-5-16-37(17-6-1)40-28-30-42(31-29-40)55-58-56(44-25-15-24-43(34-44)38-18-7-2-8-19-38)60-57(59-55)61-52-49(41-22-11-4-12-23-41)35-45(39-20-9-3-10-21-39)36-50(52)47-32-33-48-46-26-13-14-27-51(46)62-54(48)53(47)61;1-5-15-37(16-6-1)40-25-29-43(30-26-40)55-58-56(44-31-27-41(28-32-44)38-17-7-2-8-18-38)60-57(59-55)61-52-49(42-21-11-4-12-22-42)35-45(39-19-9-3-10-20-39)36-50(52)47-33-34-48-46-23-13-14-24-51(46)62-54(48)53(47)61/h2*1-36H. The summed E-state index contributed by atoms with van der Waals surface area (Å²) in [6.07, 6.45) is 0. The molecule has 0 saturated carbocycles. The minimum atomic E-state index is 0.500. The first-order chi connectivity index (χ1) is 61.5. The lowest BCUT2D eigenvalue weighted by Gasteiger charge is -2.15. The van der Waals surface area contributed by atoms with E-state index in [2.05, 4.69) is 397 Å². The summed E-state index contributed by atoms with van der Waals surface area (Å²) in [6.45, 7) is 0. The normalized spacial score (nSPS) is 11.5. The molecular formula is C114H72N8O2. The highest BCUT2D eigenvalue weighted by Crippen LogP contribution is 2.49. The van der Waals surface area contributed by atoms with E-state index in [-0.39, 0.29) is 0 Å². The van der Waals surface area contributed by atoms with Crippen LogP contribution < -0.4 is 0 Å². The van der Waals surface area contributed by atoms with Crippen molar-refractivity contribution >= 4 is 87.5 Å². The number of hydrogen-bond acceptors (Lipinski definition) is 8. The highest BCUT2D eigenvalue weighted by Gasteiger charge is 2.29. The first-order valence-corrected chi connectivity index (χ1v) is 41.7. The zero-order valence-electron chi connectivity index (χ0n) is 67.0. The van der Waals surface area contributed by atoms with Gasteiger partial charge in [-0.25, -0.2) is 9.97 Å². The van der Waals surface area contributed by atoms with E-state index in [9.17, 15) is 0 Å². The molecule has 6 heterocycles. The molecule has 24 rings (SSSR count). The molecule has 0 unspecified atom stereocenters. The topological polar surface area (TPSA) is 113 Å². The first kappa shape index (κ1) is 72.4. The van der Waals surface area contributed by atoms with Crippen LogP contribution in [0.5, 0.6) is 0 Å². The summed E-state index contributed by atoms with van der Waals surface area (Å²) in [5.74, 6) is 3.30. The fraction of sp³-hybridized carbons (Fsp3) is 0. The van der Waals surface area contributed by atoms with E-state index in [1.807, 2.05) is 48.5 Å². The van der Waals surface area contributed by atoms with Crippen molar-refractivity contribution in [3.8, 4) is 146 Å². The second kappa shape index (κ2) is 30.8. The van der Waals surface area contributed by atoms with Crippen LogP contribution in [0.25, 0.3) is 234 Å². The minimum Gasteiger partial charge on any atom is -0.454 e. The van der Waals surface area contributed by atoms with Gasteiger partial charge in [-0.2, -0.15) is 19.9 Å². The molecule has 124 heavy (non-hydrogen) atoms. The molecule has 0 amide bonds. The van der Waals surface area contributed by atoms with Gasteiger partial charge in [0.25, 0.3) is 0 Å². The third-order valence-electron chi connectivity index (χ3n) is 23.7. The van der Waals surface area contributed by atoms with Crippen LogP contribution in [0.1, 0.15) is 0 Å². The number of para-hydroxylation sites is 2. The van der Waals surface area contributed by atoms with Crippen LogP contribution in [0.4, 0.5) is 0 Å². The summed E-state index contributed by atoms with van der Waals surface area (Å²) < 4.78 is 18.2. The molecule has 0 spiro atoms. The Morgan fingerprint density at radius 1 is 0.153 bits per heavy atom.